The summed E-state index contributed by atoms with van der Waals surface area (Å²) in [5, 5.41) is 3.94. The molecule has 0 aromatic carbocycles. The average Bonchev–Trinajstić information content (AvgIpc) is 2.15. The highest BCUT2D eigenvalue weighted by Crippen LogP contribution is 1.96. The number of carbonyl (C=O) groups excluding carboxylic acids is 1. The van der Waals surface area contributed by atoms with Crippen LogP contribution in [0, 0.1) is 3.57 Å². The van der Waals surface area contributed by atoms with Crippen molar-refractivity contribution in [2.24, 2.45) is 0 Å². The molecule has 0 bridgehead atoms. The monoisotopic (exact) mass is 321 g/mol. The number of amides is 1. The van der Waals surface area contributed by atoms with Gasteiger partial charge in [-0.2, -0.15) is 5.10 Å². The maximum atomic E-state index is 11.4. The molecule has 0 fully saturated rings. The maximum Gasteiger partial charge on any atom is 0.267 e. The number of hydrogen-bond acceptors (Lipinski definition) is 3. The lowest BCUT2D eigenvalue weighted by atomic mass is 10.4. The molecular weight excluding hydrogens is 309 g/mol. The molecule has 0 N–H and O–H groups in total. The minimum absolute atomic E-state index is 0.0118. The van der Waals surface area contributed by atoms with Gasteiger partial charge in [0, 0.05) is 30.2 Å². The number of halogens is 1. The number of hydrogen-bond donors (Lipinski definition) is 0. The van der Waals surface area contributed by atoms with Crippen LogP contribution in [0.1, 0.15) is 6.42 Å². The third-order valence-electron chi connectivity index (χ3n) is 1.87. The Kier molecular flexibility index (Phi) is 4.25. The van der Waals surface area contributed by atoms with E-state index in [0.29, 0.717) is 13.0 Å². The van der Waals surface area contributed by atoms with Crippen molar-refractivity contribution in [3.8, 4) is 0 Å². The van der Waals surface area contributed by atoms with Gasteiger partial charge in [0.1, 0.15) is 0 Å². The highest BCUT2D eigenvalue weighted by Gasteiger charge is 2.05. The molecule has 82 valence electrons. The van der Waals surface area contributed by atoms with Gasteiger partial charge < -0.3 is 4.90 Å². The Bertz CT molecular complexity index is 414. The van der Waals surface area contributed by atoms with Gasteiger partial charge >= 0.3 is 0 Å². The van der Waals surface area contributed by atoms with Gasteiger partial charge in [0.2, 0.25) is 5.91 Å². The number of carbonyl (C=O) groups is 1. The van der Waals surface area contributed by atoms with E-state index in [1.54, 1.807) is 20.3 Å². The van der Waals surface area contributed by atoms with E-state index in [2.05, 4.69) is 5.10 Å². The Morgan fingerprint density at radius 3 is 2.80 bits per heavy atom. The van der Waals surface area contributed by atoms with E-state index >= 15 is 0 Å². The standard InChI is InChI=1S/C9H12IN3O2/c1-12(2)8(14)3-4-13-9(15)5-7(10)6-11-13/h5-6H,3-4H2,1-2H3. The normalized spacial score (nSPS) is 10.1. The fraction of sp³-hybridized carbons (Fsp3) is 0.444. The van der Waals surface area contributed by atoms with Crippen LogP contribution in [0.15, 0.2) is 17.1 Å². The first-order valence-electron chi connectivity index (χ1n) is 4.43. The van der Waals surface area contributed by atoms with Gasteiger partial charge in [-0.1, -0.05) is 0 Å². The molecule has 1 heterocycles. The zero-order valence-corrected chi connectivity index (χ0v) is 10.8. The summed E-state index contributed by atoms with van der Waals surface area (Å²) in [6.45, 7) is 0.326. The van der Waals surface area contributed by atoms with Crippen LogP contribution in [-0.4, -0.2) is 34.7 Å². The molecule has 15 heavy (non-hydrogen) atoms. The van der Waals surface area contributed by atoms with E-state index in [9.17, 15) is 9.59 Å². The predicted octanol–water partition coefficient (Wildman–Crippen LogP) is 0.326. The third kappa shape index (κ3) is 3.61. The smallest absolute Gasteiger partial charge is 0.267 e. The van der Waals surface area contributed by atoms with Crippen LogP contribution < -0.4 is 5.56 Å². The lowest BCUT2D eigenvalue weighted by molar-refractivity contribution is -0.128. The molecule has 0 spiro atoms. The molecule has 0 atom stereocenters. The Morgan fingerprint density at radius 1 is 1.60 bits per heavy atom. The second-order valence-electron chi connectivity index (χ2n) is 3.27. The molecule has 6 heteroatoms. The fourth-order valence-corrected chi connectivity index (χ4v) is 1.40. The van der Waals surface area contributed by atoms with Crippen molar-refractivity contribution < 1.29 is 4.79 Å². The van der Waals surface area contributed by atoms with Crippen molar-refractivity contribution in [1.29, 1.82) is 0 Å². The second kappa shape index (κ2) is 5.24. The Labute approximate surface area is 101 Å². The Hall–Kier alpha value is -0.920. The maximum absolute atomic E-state index is 11.4. The van der Waals surface area contributed by atoms with Crippen LogP contribution in [0.2, 0.25) is 0 Å². The first kappa shape index (κ1) is 12.2. The molecule has 0 radical (unpaired) electrons. The Morgan fingerprint density at radius 2 is 2.27 bits per heavy atom. The molecule has 0 saturated heterocycles. The molecule has 0 aliphatic rings. The largest absolute Gasteiger partial charge is 0.349 e. The van der Waals surface area contributed by atoms with E-state index < -0.39 is 0 Å². The van der Waals surface area contributed by atoms with Gasteiger partial charge in [-0.25, -0.2) is 4.68 Å². The summed E-state index contributed by atoms with van der Waals surface area (Å²) in [5.74, 6) is -0.0118. The van der Waals surface area contributed by atoms with Gasteiger partial charge in [-0.05, 0) is 22.6 Å². The summed E-state index contributed by atoms with van der Waals surface area (Å²) < 4.78 is 2.09. The van der Waals surface area contributed by atoms with Gasteiger partial charge in [0.15, 0.2) is 0 Å². The lowest BCUT2D eigenvalue weighted by Gasteiger charge is -2.10. The van der Waals surface area contributed by atoms with Crippen molar-refractivity contribution >= 4 is 28.5 Å². The van der Waals surface area contributed by atoms with E-state index in [0.717, 1.165) is 3.57 Å². The zero-order valence-electron chi connectivity index (χ0n) is 8.61. The minimum atomic E-state index is -0.173. The minimum Gasteiger partial charge on any atom is -0.349 e. The van der Waals surface area contributed by atoms with Crippen molar-refractivity contribution in [3.63, 3.8) is 0 Å². The SMILES string of the molecule is CN(C)C(=O)CCn1ncc(I)cc1=O. The zero-order chi connectivity index (χ0) is 11.4. The van der Waals surface area contributed by atoms with Crippen molar-refractivity contribution in [2.45, 2.75) is 13.0 Å². The lowest BCUT2D eigenvalue weighted by Crippen LogP contribution is -2.27. The summed E-state index contributed by atoms with van der Waals surface area (Å²) in [7, 11) is 3.37. The number of aromatic nitrogens is 2. The van der Waals surface area contributed by atoms with Crippen LogP contribution in [-0.2, 0) is 11.3 Å². The summed E-state index contributed by atoms with van der Waals surface area (Å²) in [6, 6.07) is 1.49. The van der Waals surface area contributed by atoms with E-state index in [4.69, 9.17) is 0 Å². The summed E-state index contributed by atoms with van der Waals surface area (Å²) >= 11 is 2.02. The van der Waals surface area contributed by atoms with E-state index in [-0.39, 0.29) is 11.5 Å². The fourth-order valence-electron chi connectivity index (χ4n) is 1.00. The molecule has 1 rings (SSSR count). The van der Waals surface area contributed by atoms with Crippen LogP contribution in [0.25, 0.3) is 0 Å². The van der Waals surface area contributed by atoms with Crippen LogP contribution in [0.4, 0.5) is 0 Å². The van der Waals surface area contributed by atoms with Gasteiger partial charge in [-0.15, -0.1) is 0 Å². The third-order valence-corrected chi connectivity index (χ3v) is 2.46. The number of aryl methyl sites for hydroxylation is 1. The molecule has 0 saturated carbocycles. The van der Waals surface area contributed by atoms with Crippen LogP contribution >= 0.6 is 22.6 Å². The summed E-state index contributed by atoms with van der Waals surface area (Å²) in [6.07, 6.45) is 1.89. The molecule has 1 amide bonds. The molecule has 1 aromatic rings. The predicted molar refractivity (Wildman–Crippen MR) is 64.5 cm³/mol. The molecule has 0 aliphatic heterocycles. The van der Waals surface area contributed by atoms with E-state index in [1.807, 2.05) is 22.6 Å². The molecule has 1 aromatic heterocycles. The first-order valence-corrected chi connectivity index (χ1v) is 5.51. The van der Waals surface area contributed by atoms with Crippen molar-refractivity contribution in [3.05, 3.63) is 26.2 Å². The van der Waals surface area contributed by atoms with Gasteiger partial charge in [-0.3, -0.25) is 9.59 Å². The van der Waals surface area contributed by atoms with Crippen molar-refractivity contribution in [1.82, 2.24) is 14.7 Å². The topological polar surface area (TPSA) is 55.2 Å². The first-order chi connectivity index (χ1) is 7.00. The Balaban J connectivity index is 2.66. The molecular formula is C9H12IN3O2. The summed E-state index contributed by atoms with van der Waals surface area (Å²) in [5.41, 5.74) is -0.173. The second-order valence-corrected chi connectivity index (χ2v) is 4.52. The molecule has 0 aliphatic carbocycles. The molecule has 5 nitrogen and oxygen atoms in total. The highest BCUT2D eigenvalue weighted by atomic mass is 127. The van der Waals surface area contributed by atoms with Gasteiger partial charge in [0.05, 0.1) is 12.7 Å². The molecule has 0 unspecified atom stereocenters. The highest BCUT2D eigenvalue weighted by molar-refractivity contribution is 14.1. The van der Waals surface area contributed by atoms with E-state index in [1.165, 1.54) is 15.6 Å². The van der Waals surface area contributed by atoms with Crippen LogP contribution in [0.5, 0.6) is 0 Å². The average molecular weight is 321 g/mol. The number of rotatable bonds is 3. The van der Waals surface area contributed by atoms with Crippen molar-refractivity contribution in [2.75, 3.05) is 14.1 Å². The van der Waals surface area contributed by atoms with Gasteiger partial charge in [0.25, 0.3) is 5.56 Å². The summed E-state index contributed by atoms with van der Waals surface area (Å²) in [4.78, 5) is 24.2. The van der Waals surface area contributed by atoms with Crippen LogP contribution in [0.3, 0.4) is 0 Å². The quantitative estimate of drug-likeness (QED) is 0.754. The number of nitrogens with zero attached hydrogens (tertiary/aromatic N) is 3.